The number of carbonyl (C=O) groups excluding carboxylic acids is 1. The summed E-state index contributed by atoms with van der Waals surface area (Å²) >= 11 is 0. The molecule has 24 heavy (non-hydrogen) atoms. The van der Waals surface area contributed by atoms with Crippen molar-refractivity contribution in [3.05, 3.63) is 42.5 Å². The number of amides is 2. The average Bonchev–Trinajstić information content (AvgIpc) is 3.17. The fourth-order valence-corrected chi connectivity index (χ4v) is 3.77. The summed E-state index contributed by atoms with van der Waals surface area (Å²) < 4.78 is 0. The molecular formula is C19H24N4O. The first-order valence-corrected chi connectivity index (χ1v) is 8.80. The number of fused-ring (bicyclic) bond motifs is 1. The molecule has 2 saturated heterocycles. The van der Waals surface area contributed by atoms with E-state index in [0.29, 0.717) is 6.04 Å². The van der Waals surface area contributed by atoms with Gasteiger partial charge in [-0.2, -0.15) is 0 Å². The van der Waals surface area contributed by atoms with Crippen molar-refractivity contribution in [2.45, 2.75) is 12.5 Å². The minimum atomic E-state index is 0.00977. The molecule has 5 nitrogen and oxygen atoms in total. The Morgan fingerprint density at radius 3 is 2.62 bits per heavy atom. The number of rotatable bonds is 2. The predicted octanol–water partition coefficient (Wildman–Crippen LogP) is 2.35. The van der Waals surface area contributed by atoms with Gasteiger partial charge >= 0.3 is 6.03 Å². The molecule has 0 aliphatic carbocycles. The molecule has 2 aromatic carbocycles. The summed E-state index contributed by atoms with van der Waals surface area (Å²) in [6, 6.07) is 14.8. The van der Waals surface area contributed by atoms with Crippen molar-refractivity contribution in [2.24, 2.45) is 0 Å². The second kappa shape index (κ2) is 6.79. The van der Waals surface area contributed by atoms with E-state index in [-0.39, 0.29) is 6.03 Å². The SMILES string of the molecule is O=C(Nc1cccc2ccccc12)N1CCN(C2CCNC2)CC1. The van der Waals surface area contributed by atoms with Gasteiger partial charge in [-0.15, -0.1) is 0 Å². The summed E-state index contributed by atoms with van der Waals surface area (Å²) in [6.45, 7) is 5.74. The number of hydrogen-bond donors (Lipinski definition) is 2. The van der Waals surface area contributed by atoms with Crippen LogP contribution in [-0.4, -0.2) is 61.1 Å². The van der Waals surface area contributed by atoms with Crippen molar-refractivity contribution >= 4 is 22.5 Å². The first-order chi connectivity index (χ1) is 11.8. The van der Waals surface area contributed by atoms with Crippen LogP contribution in [-0.2, 0) is 0 Å². The minimum Gasteiger partial charge on any atom is -0.322 e. The van der Waals surface area contributed by atoms with Gasteiger partial charge in [-0.1, -0.05) is 36.4 Å². The molecule has 2 fully saturated rings. The van der Waals surface area contributed by atoms with Crippen LogP contribution in [0.1, 0.15) is 6.42 Å². The maximum absolute atomic E-state index is 12.6. The van der Waals surface area contributed by atoms with Gasteiger partial charge < -0.3 is 15.5 Å². The molecule has 2 amide bonds. The Bertz CT molecular complexity index is 713. The number of piperazine rings is 1. The van der Waals surface area contributed by atoms with Crippen LogP contribution >= 0.6 is 0 Å². The molecule has 0 radical (unpaired) electrons. The number of anilines is 1. The van der Waals surface area contributed by atoms with Crippen molar-refractivity contribution in [1.82, 2.24) is 15.1 Å². The normalized spacial score (nSPS) is 22.0. The lowest BCUT2D eigenvalue weighted by Gasteiger charge is -2.37. The maximum atomic E-state index is 12.6. The molecule has 0 saturated carbocycles. The molecule has 2 aromatic rings. The van der Waals surface area contributed by atoms with Crippen LogP contribution in [0.2, 0.25) is 0 Å². The summed E-state index contributed by atoms with van der Waals surface area (Å²) in [5.74, 6) is 0. The number of carbonyl (C=O) groups is 1. The van der Waals surface area contributed by atoms with E-state index < -0.39 is 0 Å². The third-order valence-corrected chi connectivity index (χ3v) is 5.18. The fraction of sp³-hybridized carbons (Fsp3) is 0.421. The zero-order valence-corrected chi connectivity index (χ0v) is 13.9. The molecule has 0 aromatic heterocycles. The second-order valence-corrected chi connectivity index (χ2v) is 6.63. The Morgan fingerprint density at radius 2 is 1.83 bits per heavy atom. The molecule has 0 spiro atoms. The number of nitrogens with zero attached hydrogens (tertiary/aromatic N) is 2. The molecule has 0 bridgehead atoms. The highest BCUT2D eigenvalue weighted by Gasteiger charge is 2.27. The van der Waals surface area contributed by atoms with Crippen molar-refractivity contribution in [3.63, 3.8) is 0 Å². The van der Waals surface area contributed by atoms with E-state index in [1.165, 1.54) is 6.42 Å². The highest BCUT2D eigenvalue weighted by atomic mass is 16.2. The van der Waals surface area contributed by atoms with Gasteiger partial charge in [0.05, 0.1) is 5.69 Å². The van der Waals surface area contributed by atoms with Crippen LogP contribution in [0.5, 0.6) is 0 Å². The van der Waals surface area contributed by atoms with Crippen LogP contribution in [0.25, 0.3) is 10.8 Å². The number of nitrogens with one attached hydrogen (secondary N) is 2. The summed E-state index contributed by atoms with van der Waals surface area (Å²) in [7, 11) is 0. The monoisotopic (exact) mass is 324 g/mol. The van der Waals surface area contributed by atoms with Gasteiger partial charge in [0.1, 0.15) is 0 Å². The quantitative estimate of drug-likeness (QED) is 0.891. The van der Waals surface area contributed by atoms with Crippen molar-refractivity contribution in [2.75, 3.05) is 44.6 Å². The minimum absolute atomic E-state index is 0.00977. The first kappa shape index (κ1) is 15.4. The maximum Gasteiger partial charge on any atom is 0.321 e. The number of benzene rings is 2. The van der Waals surface area contributed by atoms with E-state index in [4.69, 9.17) is 0 Å². The van der Waals surface area contributed by atoms with Gasteiger partial charge in [0.15, 0.2) is 0 Å². The first-order valence-electron chi connectivity index (χ1n) is 8.80. The highest BCUT2D eigenvalue weighted by Crippen LogP contribution is 2.23. The molecule has 2 N–H and O–H groups in total. The standard InChI is InChI=1S/C19H24N4O/c24-19(21-18-7-3-5-15-4-1-2-6-17(15)18)23-12-10-22(11-13-23)16-8-9-20-14-16/h1-7,16,20H,8-14H2,(H,21,24). The van der Waals surface area contributed by atoms with Crippen LogP contribution in [0.4, 0.5) is 10.5 Å². The summed E-state index contributed by atoms with van der Waals surface area (Å²) in [5, 5.41) is 8.75. The van der Waals surface area contributed by atoms with Gasteiger partial charge in [0, 0.05) is 44.2 Å². The Balaban J connectivity index is 1.39. The summed E-state index contributed by atoms with van der Waals surface area (Å²) in [4.78, 5) is 17.1. The van der Waals surface area contributed by atoms with Crippen molar-refractivity contribution in [3.8, 4) is 0 Å². The largest absolute Gasteiger partial charge is 0.322 e. The van der Waals surface area contributed by atoms with E-state index in [2.05, 4.69) is 33.7 Å². The van der Waals surface area contributed by atoms with Gasteiger partial charge in [0.25, 0.3) is 0 Å². The zero-order valence-electron chi connectivity index (χ0n) is 13.9. The Kier molecular flexibility index (Phi) is 4.36. The lowest BCUT2D eigenvalue weighted by atomic mass is 10.1. The van der Waals surface area contributed by atoms with Crippen LogP contribution < -0.4 is 10.6 Å². The molecule has 126 valence electrons. The van der Waals surface area contributed by atoms with Crippen LogP contribution in [0.3, 0.4) is 0 Å². The van der Waals surface area contributed by atoms with Crippen LogP contribution in [0.15, 0.2) is 42.5 Å². The number of hydrogen-bond acceptors (Lipinski definition) is 3. The van der Waals surface area contributed by atoms with Crippen molar-refractivity contribution in [1.29, 1.82) is 0 Å². The van der Waals surface area contributed by atoms with Gasteiger partial charge in [-0.25, -0.2) is 4.79 Å². The number of urea groups is 1. The predicted molar refractivity (Wildman–Crippen MR) is 97.4 cm³/mol. The molecule has 1 unspecified atom stereocenters. The average molecular weight is 324 g/mol. The summed E-state index contributed by atoms with van der Waals surface area (Å²) in [6.07, 6.45) is 1.22. The lowest BCUT2D eigenvalue weighted by Crippen LogP contribution is -2.53. The molecule has 1 atom stereocenters. The zero-order chi connectivity index (χ0) is 16.4. The molecule has 4 rings (SSSR count). The van der Waals surface area contributed by atoms with E-state index in [9.17, 15) is 4.79 Å². The molecule has 5 heteroatoms. The fourth-order valence-electron chi connectivity index (χ4n) is 3.77. The third-order valence-electron chi connectivity index (χ3n) is 5.18. The van der Waals surface area contributed by atoms with E-state index in [1.807, 2.05) is 29.2 Å². The Hall–Kier alpha value is -2.11. The molecule has 2 heterocycles. The summed E-state index contributed by atoms with van der Waals surface area (Å²) in [5.41, 5.74) is 0.889. The van der Waals surface area contributed by atoms with Gasteiger partial charge in [-0.3, -0.25) is 4.90 Å². The molecule has 2 aliphatic heterocycles. The van der Waals surface area contributed by atoms with E-state index >= 15 is 0 Å². The van der Waals surface area contributed by atoms with E-state index in [0.717, 1.165) is 55.7 Å². The Morgan fingerprint density at radius 1 is 1.04 bits per heavy atom. The molecule has 2 aliphatic rings. The highest BCUT2D eigenvalue weighted by molar-refractivity contribution is 6.01. The topological polar surface area (TPSA) is 47.6 Å². The third kappa shape index (κ3) is 3.09. The Labute approximate surface area is 142 Å². The smallest absolute Gasteiger partial charge is 0.321 e. The van der Waals surface area contributed by atoms with Gasteiger partial charge in [0.2, 0.25) is 0 Å². The van der Waals surface area contributed by atoms with Gasteiger partial charge in [-0.05, 0) is 24.4 Å². The second-order valence-electron chi connectivity index (χ2n) is 6.63. The van der Waals surface area contributed by atoms with Crippen molar-refractivity contribution < 1.29 is 4.79 Å². The van der Waals surface area contributed by atoms with Crippen LogP contribution in [0, 0.1) is 0 Å². The molecular weight excluding hydrogens is 300 g/mol. The lowest BCUT2D eigenvalue weighted by molar-refractivity contribution is 0.119. The van der Waals surface area contributed by atoms with E-state index in [1.54, 1.807) is 0 Å².